The van der Waals surface area contributed by atoms with Gasteiger partial charge in [0, 0.05) is 12.5 Å². The van der Waals surface area contributed by atoms with Crippen molar-refractivity contribution in [1.82, 2.24) is 5.43 Å². The highest BCUT2D eigenvalue weighted by atomic mass is 35.5. The highest BCUT2D eigenvalue weighted by molar-refractivity contribution is 6.30. The second-order valence-corrected chi connectivity index (χ2v) is 4.15. The van der Waals surface area contributed by atoms with Gasteiger partial charge in [-0.15, -0.1) is 11.8 Å². The van der Waals surface area contributed by atoms with Gasteiger partial charge in [-0.3, -0.25) is 11.3 Å². The first kappa shape index (κ1) is 14.0. The first-order valence-electron chi connectivity index (χ1n) is 5.47. The fraction of sp³-hybridized carbons (Fsp3) is 0.385. The molecule has 0 heterocycles. The number of halogens is 2. The molecule has 0 radical (unpaired) electrons. The van der Waals surface area contributed by atoms with Crippen LogP contribution >= 0.6 is 11.6 Å². The van der Waals surface area contributed by atoms with Crippen molar-refractivity contribution in [2.75, 3.05) is 0 Å². The molecule has 1 atom stereocenters. The van der Waals surface area contributed by atoms with Crippen LogP contribution in [0.5, 0.6) is 0 Å². The molecule has 0 saturated heterocycles. The third kappa shape index (κ3) is 4.35. The van der Waals surface area contributed by atoms with E-state index in [2.05, 4.69) is 17.3 Å². The first-order valence-corrected chi connectivity index (χ1v) is 5.85. The molecule has 0 spiro atoms. The molecule has 1 unspecified atom stereocenters. The average Bonchev–Trinajstić information content (AvgIpc) is 2.33. The summed E-state index contributed by atoms with van der Waals surface area (Å²) in [6, 6.07) is 4.99. The molecule has 3 N–H and O–H groups in total. The molecule has 0 aliphatic heterocycles. The molecule has 92 valence electrons. The minimum atomic E-state index is -0.365. The molecule has 1 rings (SSSR count). The van der Waals surface area contributed by atoms with Crippen molar-refractivity contribution in [1.29, 1.82) is 0 Å². The van der Waals surface area contributed by atoms with E-state index in [-0.39, 0.29) is 16.9 Å². The zero-order valence-electron chi connectivity index (χ0n) is 9.76. The van der Waals surface area contributed by atoms with Crippen LogP contribution in [0.15, 0.2) is 18.2 Å². The summed E-state index contributed by atoms with van der Waals surface area (Å²) >= 11 is 5.72. The molecular formula is C13H16ClFN2. The highest BCUT2D eigenvalue weighted by Crippen LogP contribution is 2.19. The Labute approximate surface area is 106 Å². The standard InChI is InChI=1S/C13H16ClFN2/c1-2-3-4-7-11(17-16)9-10-6-5-8-12(14)13(10)15/h5-6,8,11,17H,4,7,9,16H2,1H3. The topological polar surface area (TPSA) is 38.0 Å². The van der Waals surface area contributed by atoms with Gasteiger partial charge in [0.15, 0.2) is 0 Å². The smallest absolute Gasteiger partial charge is 0.145 e. The van der Waals surface area contributed by atoms with Crippen molar-refractivity contribution in [3.8, 4) is 11.8 Å². The van der Waals surface area contributed by atoms with E-state index in [0.29, 0.717) is 12.0 Å². The van der Waals surface area contributed by atoms with Gasteiger partial charge in [0.05, 0.1) is 5.02 Å². The van der Waals surface area contributed by atoms with Crippen molar-refractivity contribution in [2.45, 2.75) is 32.2 Å². The second kappa shape index (κ2) is 7.29. The van der Waals surface area contributed by atoms with Gasteiger partial charge in [-0.1, -0.05) is 23.7 Å². The number of benzene rings is 1. The van der Waals surface area contributed by atoms with Crippen LogP contribution in [0.4, 0.5) is 4.39 Å². The lowest BCUT2D eigenvalue weighted by Crippen LogP contribution is -2.36. The Bertz CT molecular complexity index is 423. The second-order valence-electron chi connectivity index (χ2n) is 3.75. The van der Waals surface area contributed by atoms with Crippen LogP contribution in [-0.4, -0.2) is 6.04 Å². The SMILES string of the molecule is CC#CCCC(Cc1cccc(Cl)c1F)NN. The van der Waals surface area contributed by atoms with Crippen LogP contribution < -0.4 is 11.3 Å². The molecule has 0 bridgehead atoms. The lowest BCUT2D eigenvalue weighted by Gasteiger charge is -2.15. The molecule has 0 aliphatic carbocycles. The maximum Gasteiger partial charge on any atom is 0.145 e. The van der Waals surface area contributed by atoms with Crippen LogP contribution in [0.2, 0.25) is 5.02 Å². The Morgan fingerprint density at radius 2 is 2.29 bits per heavy atom. The Balaban J connectivity index is 2.66. The van der Waals surface area contributed by atoms with E-state index in [9.17, 15) is 4.39 Å². The molecule has 1 aromatic rings. The average molecular weight is 255 g/mol. The van der Waals surface area contributed by atoms with Crippen molar-refractivity contribution in [2.24, 2.45) is 5.84 Å². The van der Waals surface area contributed by atoms with Gasteiger partial charge in [-0.25, -0.2) is 4.39 Å². The van der Waals surface area contributed by atoms with E-state index in [1.807, 2.05) is 0 Å². The van der Waals surface area contributed by atoms with E-state index in [1.54, 1.807) is 19.1 Å². The van der Waals surface area contributed by atoms with Gasteiger partial charge < -0.3 is 0 Å². The van der Waals surface area contributed by atoms with Crippen LogP contribution in [0.1, 0.15) is 25.3 Å². The monoisotopic (exact) mass is 254 g/mol. The number of rotatable bonds is 5. The summed E-state index contributed by atoms with van der Waals surface area (Å²) in [5.74, 6) is 10.8. The molecule has 0 aliphatic rings. The number of nitrogens with one attached hydrogen (secondary N) is 1. The van der Waals surface area contributed by atoms with Crippen LogP contribution in [0.3, 0.4) is 0 Å². The fourth-order valence-corrected chi connectivity index (χ4v) is 1.78. The van der Waals surface area contributed by atoms with Gasteiger partial charge in [0.1, 0.15) is 5.82 Å². The van der Waals surface area contributed by atoms with Crippen LogP contribution in [0, 0.1) is 17.7 Å². The van der Waals surface area contributed by atoms with E-state index >= 15 is 0 Å². The van der Waals surface area contributed by atoms with Crippen molar-refractivity contribution in [3.63, 3.8) is 0 Å². The molecule has 0 aromatic heterocycles. The minimum absolute atomic E-state index is 0.00353. The van der Waals surface area contributed by atoms with Crippen LogP contribution in [-0.2, 0) is 6.42 Å². The molecule has 0 amide bonds. The van der Waals surface area contributed by atoms with Gasteiger partial charge in [-0.2, -0.15) is 0 Å². The largest absolute Gasteiger partial charge is 0.271 e. The molecular weight excluding hydrogens is 239 g/mol. The lowest BCUT2D eigenvalue weighted by atomic mass is 10.0. The van der Waals surface area contributed by atoms with Gasteiger partial charge in [0.25, 0.3) is 0 Å². The number of hydrogen-bond donors (Lipinski definition) is 2. The fourth-order valence-electron chi connectivity index (χ4n) is 1.59. The Kier molecular flexibility index (Phi) is 5.99. The number of hydrazine groups is 1. The maximum absolute atomic E-state index is 13.7. The minimum Gasteiger partial charge on any atom is -0.271 e. The zero-order chi connectivity index (χ0) is 12.7. The number of hydrogen-bond acceptors (Lipinski definition) is 2. The lowest BCUT2D eigenvalue weighted by molar-refractivity contribution is 0.485. The van der Waals surface area contributed by atoms with Crippen molar-refractivity contribution in [3.05, 3.63) is 34.6 Å². The predicted molar refractivity (Wildman–Crippen MR) is 68.9 cm³/mol. The van der Waals surface area contributed by atoms with Gasteiger partial charge >= 0.3 is 0 Å². The summed E-state index contributed by atoms with van der Waals surface area (Å²) in [4.78, 5) is 0. The third-order valence-electron chi connectivity index (χ3n) is 2.53. The quantitative estimate of drug-likeness (QED) is 0.482. The Morgan fingerprint density at radius 1 is 1.53 bits per heavy atom. The molecule has 0 saturated carbocycles. The Morgan fingerprint density at radius 3 is 2.94 bits per heavy atom. The van der Waals surface area contributed by atoms with Crippen molar-refractivity contribution < 1.29 is 4.39 Å². The molecule has 1 aromatic carbocycles. The van der Waals surface area contributed by atoms with Crippen molar-refractivity contribution >= 4 is 11.6 Å². The van der Waals surface area contributed by atoms with E-state index in [4.69, 9.17) is 17.4 Å². The zero-order valence-corrected chi connectivity index (χ0v) is 10.5. The Hall–Kier alpha value is -1.08. The summed E-state index contributed by atoms with van der Waals surface area (Å²) in [6.07, 6.45) is 2.03. The van der Waals surface area contributed by atoms with E-state index < -0.39 is 0 Å². The summed E-state index contributed by atoms with van der Waals surface area (Å²) in [5, 5.41) is 0.145. The molecule has 0 fully saturated rings. The summed E-state index contributed by atoms with van der Waals surface area (Å²) in [7, 11) is 0. The predicted octanol–water partition coefficient (Wildman–Crippen LogP) is 2.66. The maximum atomic E-state index is 13.7. The molecule has 2 nitrogen and oxygen atoms in total. The molecule has 17 heavy (non-hydrogen) atoms. The van der Waals surface area contributed by atoms with Gasteiger partial charge in [-0.05, 0) is 31.4 Å². The normalized spacial score (nSPS) is 11.8. The number of nitrogens with two attached hydrogens (primary N) is 1. The van der Waals surface area contributed by atoms with Crippen LogP contribution in [0.25, 0.3) is 0 Å². The van der Waals surface area contributed by atoms with E-state index in [0.717, 1.165) is 12.8 Å². The molecule has 4 heteroatoms. The highest BCUT2D eigenvalue weighted by Gasteiger charge is 2.12. The first-order chi connectivity index (χ1) is 8.19. The van der Waals surface area contributed by atoms with Gasteiger partial charge in [0.2, 0.25) is 0 Å². The third-order valence-corrected chi connectivity index (χ3v) is 2.82. The summed E-state index contributed by atoms with van der Waals surface area (Å²) in [6.45, 7) is 1.79. The van der Waals surface area contributed by atoms with E-state index in [1.165, 1.54) is 6.07 Å². The summed E-state index contributed by atoms with van der Waals surface area (Å²) in [5.41, 5.74) is 3.25. The summed E-state index contributed by atoms with van der Waals surface area (Å²) < 4.78 is 13.7.